The molecule has 0 atom stereocenters. The molecule has 0 radical (unpaired) electrons. The smallest absolute Gasteiger partial charge is 0.00213 e. The van der Waals surface area contributed by atoms with Gasteiger partial charge in [-0.1, -0.05) is 35.1 Å². The van der Waals surface area contributed by atoms with E-state index in [0.29, 0.717) is 0 Å². The molecule has 0 unspecified atom stereocenters. The van der Waals surface area contributed by atoms with E-state index in [4.69, 9.17) is 0 Å². The number of hydrogen-bond acceptors (Lipinski definition) is 2. The first-order valence-electron chi connectivity index (χ1n) is 7.16. The van der Waals surface area contributed by atoms with E-state index in [1.54, 1.807) is 0 Å². The summed E-state index contributed by atoms with van der Waals surface area (Å²) in [6, 6.07) is 0. The van der Waals surface area contributed by atoms with Crippen molar-refractivity contribution in [2.45, 2.75) is 60.8 Å². The molecule has 0 aromatic carbocycles. The van der Waals surface area contributed by atoms with Crippen molar-refractivity contribution in [2.24, 2.45) is 0 Å². The summed E-state index contributed by atoms with van der Waals surface area (Å²) in [5, 5.41) is 0. The molecule has 0 aliphatic carbocycles. The first kappa shape index (κ1) is 22.1. The van der Waals surface area contributed by atoms with Crippen LogP contribution in [0.5, 0.6) is 0 Å². The summed E-state index contributed by atoms with van der Waals surface area (Å²) in [5.74, 6) is 0. The summed E-state index contributed by atoms with van der Waals surface area (Å²) >= 11 is 0. The topological polar surface area (TPSA) is 6.48 Å². The van der Waals surface area contributed by atoms with Crippen molar-refractivity contribution in [2.75, 3.05) is 40.3 Å². The molecule has 2 saturated heterocycles. The summed E-state index contributed by atoms with van der Waals surface area (Å²) in [5.41, 5.74) is 0. The van der Waals surface area contributed by atoms with Gasteiger partial charge >= 0.3 is 0 Å². The van der Waals surface area contributed by atoms with Crippen LogP contribution in [0.1, 0.15) is 60.8 Å². The van der Waals surface area contributed by atoms with Crippen LogP contribution in [0, 0.1) is 0 Å². The minimum Gasteiger partial charge on any atom is -0.306 e. The highest BCUT2D eigenvalue weighted by Crippen LogP contribution is 2.02. The SMILES string of the molecule is C.CC.CC.CN1CCCC1.CN1CCCC1. The Morgan fingerprint density at radius 2 is 0.706 bits per heavy atom. The van der Waals surface area contributed by atoms with Crippen LogP contribution >= 0.6 is 0 Å². The lowest BCUT2D eigenvalue weighted by atomic mass is 10.4. The highest BCUT2D eigenvalue weighted by Gasteiger charge is 2.03. The predicted molar refractivity (Wildman–Crippen MR) is 82.9 cm³/mol. The van der Waals surface area contributed by atoms with Gasteiger partial charge < -0.3 is 9.80 Å². The average Bonchev–Trinajstić information content (AvgIpc) is 2.98. The Hall–Kier alpha value is -0.0800. The third-order valence-corrected chi connectivity index (χ3v) is 2.66. The molecule has 0 bridgehead atoms. The van der Waals surface area contributed by atoms with Crippen LogP contribution in [-0.2, 0) is 0 Å². The molecule has 0 aromatic rings. The zero-order chi connectivity index (χ0) is 12.8. The van der Waals surface area contributed by atoms with Gasteiger partial charge in [-0.05, 0) is 66.0 Å². The van der Waals surface area contributed by atoms with Crippen LogP contribution in [-0.4, -0.2) is 50.1 Å². The van der Waals surface area contributed by atoms with Gasteiger partial charge in [0.1, 0.15) is 0 Å². The second-order valence-electron chi connectivity index (χ2n) is 4.02. The van der Waals surface area contributed by atoms with Crippen LogP contribution in [0.4, 0.5) is 0 Å². The average molecular weight is 246 g/mol. The largest absolute Gasteiger partial charge is 0.306 e. The van der Waals surface area contributed by atoms with Crippen LogP contribution in [0.3, 0.4) is 0 Å². The van der Waals surface area contributed by atoms with Gasteiger partial charge in [0.2, 0.25) is 0 Å². The fourth-order valence-electron chi connectivity index (χ4n) is 1.75. The molecule has 2 heteroatoms. The van der Waals surface area contributed by atoms with E-state index >= 15 is 0 Å². The van der Waals surface area contributed by atoms with E-state index < -0.39 is 0 Å². The molecule has 2 fully saturated rings. The summed E-state index contributed by atoms with van der Waals surface area (Å²) in [4.78, 5) is 4.72. The maximum Gasteiger partial charge on any atom is -0.00213 e. The van der Waals surface area contributed by atoms with E-state index in [9.17, 15) is 0 Å². The first-order chi connectivity index (χ1) is 7.79. The molecule has 2 rings (SSSR count). The first-order valence-corrected chi connectivity index (χ1v) is 7.16. The molecular formula is C15H38N2. The van der Waals surface area contributed by atoms with E-state index in [0.717, 1.165) is 0 Å². The van der Waals surface area contributed by atoms with Gasteiger partial charge in [0.25, 0.3) is 0 Å². The summed E-state index contributed by atoms with van der Waals surface area (Å²) in [7, 11) is 4.35. The van der Waals surface area contributed by atoms with Gasteiger partial charge in [0.15, 0.2) is 0 Å². The fraction of sp³-hybridized carbons (Fsp3) is 1.00. The Labute approximate surface area is 111 Å². The van der Waals surface area contributed by atoms with Gasteiger partial charge in [-0.3, -0.25) is 0 Å². The molecule has 0 saturated carbocycles. The maximum atomic E-state index is 2.36. The second-order valence-corrected chi connectivity index (χ2v) is 4.02. The normalized spacial score (nSPS) is 18.7. The third kappa shape index (κ3) is 15.9. The molecule has 0 amide bonds. The van der Waals surface area contributed by atoms with Crippen LogP contribution in [0.2, 0.25) is 0 Å². The molecule has 2 heterocycles. The molecule has 2 nitrogen and oxygen atoms in total. The van der Waals surface area contributed by atoms with E-state index in [1.165, 1.54) is 51.9 Å². The molecule has 2 aliphatic rings. The van der Waals surface area contributed by atoms with Crippen molar-refractivity contribution in [3.05, 3.63) is 0 Å². The minimum absolute atomic E-state index is 0. The lowest BCUT2D eigenvalue weighted by molar-refractivity contribution is 0.418. The van der Waals surface area contributed by atoms with Gasteiger partial charge in [-0.2, -0.15) is 0 Å². The molecule has 2 aliphatic heterocycles. The Morgan fingerprint density at radius 3 is 0.765 bits per heavy atom. The fourth-order valence-corrected chi connectivity index (χ4v) is 1.75. The Bertz CT molecular complexity index is 89.5. The lowest BCUT2D eigenvalue weighted by Gasteiger charge is -2.01. The highest BCUT2D eigenvalue weighted by atomic mass is 15.1. The molecule has 0 aromatic heterocycles. The van der Waals surface area contributed by atoms with Gasteiger partial charge in [-0.25, -0.2) is 0 Å². The number of hydrogen-bond donors (Lipinski definition) is 0. The van der Waals surface area contributed by atoms with E-state index in [-0.39, 0.29) is 7.43 Å². The molecule has 0 N–H and O–H groups in total. The lowest BCUT2D eigenvalue weighted by Crippen LogP contribution is -2.10. The quantitative estimate of drug-likeness (QED) is 0.634. The van der Waals surface area contributed by atoms with Gasteiger partial charge in [0, 0.05) is 0 Å². The van der Waals surface area contributed by atoms with Crippen molar-refractivity contribution in [3.63, 3.8) is 0 Å². The summed E-state index contributed by atoms with van der Waals surface area (Å²) in [6.07, 6.45) is 5.65. The van der Waals surface area contributed by atoms with Crippen LogP contribution in [0.25, 0.3) is 0 Å². The number of nitrogens with zero attached hydrogens (tertiary/aromatic N) is 2. The third-order valence-electron chi connectivity index (χ3n) is 2.66. The Balaban J connectivity index is -0.000000171. The molecule has 17 heavy (non-hydrogen) atoms. The monoisotopic (exact) mass is 246 g/mol. The van der Waals surface area contributed by atoms with E-state index in [2.05, 4.69) is 23.9 Å². The summed E-state index contributed by atoms with van der Waals surface area (Å²) in [6.45, 7) is 13.3. The molecule has 108 valence electrons. The maximum absolute atomic E-state index is 2.36. The Kier molecular flexibility index (Phi) is 23.8. The van der Waals surface area contributed by atoms with Crippen molar-refractivity contribution in [1.29, 1.82) is 0 Å². The predicted octanol–water partition coefficient (Wildman–Crippen LogP) is 4.11. The van der Waals surface area contributed by atoms with Crippen molar-refractivity contribution in [1.82, 2.24) is 9.80 Å². The molecular weight excluding hydrogens is 208 g/mol. The summed E-state index contributed by atoms with van der Waals surface area (Å²) < 4.78 is 0. The standard InChI is InChI=1S/2C5H11N.2C2H6.CH4/c2*1-6-4-2-3-5-6;2*1-2;/h2*2-5H2,1H3;2*1-2H3;1H4. The van der Waals surface area contributed by atoms with Crippen LogP contribution in [0.15, 0.2) is 0 Å². The zero-order valence-electron chi connectivity index (χ0n) is 12.6. The zero-order valence-corrected chi connectivity index (χ0v) is 12.6. The number of likely N-dealkylation sites (tertiary alicyclic amines) is 2. The van der Waals surface area contributed by atoms with Crippen LogP contribution < -0.4 is 0 Å². The number of rotatable bonds is 0. The van der Waals surface area contributed by atoms with Gasteiger partial charge in [-0.15, -0.1) is 0 Å². The second kappa shape index (κ2) is 18.3. The molecule has 0 spiro atoms. The van der Waals surface area contributed by atoms with Crippen molar-refractivity contribution < 1.29 is 0 Å². The Morgan fingerprint density at radius 1 is 0.529 bits per heavy atom. The van der Waals surface area contributed by atoms with Crippen molar-refractivity contribution in [3.8, 4) is 0 Å². The van der Waals surface area contributed by atoms with Crippen molar-refractivity contribution >= 4 is 0 Å². The highest BCUT2D eigenvalue weighted by molar-refractivity contribution is 4.59. The van der Waals surface area contributed by atoms with Gasteiger partial charge in [0.05, 0.1) is 0 Å². The van der Waals surface area contributed by atoms with E-state index in [1.807, 2.05) is 27.7 Å². The minimum atomic E-state index is 0.